The van der Waals surface area contributed by atoms with Crippen LogP contribution >= 0.6 is 0 Å². The van der Waals surface area contributed by atoms with Crippen molar-refractivity contribution >= 4 is 0 Å². The summed E-state index contributed by atoms with van der Waals surface area (Å²) < 4.78 is 0. The molecule has 1 saturated heterocycles. The zero-order valence-electron chi connectivity index (χ0n) is 10.7. The number of hydrogen-bond donors (Lipinski definition) is 1. The average Bonchev–Trinajstić information content (AvgIpc) is 2.39. The van der Waals surface area contributed by atoms with Crippen LogP contribution in [0.1, 0.15) is 25.3 Å². The van der Waals surface area contributed by atoms with Crippen LogP contribution in [0.5, 0.6) is 0 Å². The van der Waals surface area contributed by atoms with Gasteiger partial charge in [-0.15, -0.1) is 0 Å². The number of hydrogen-bond acceptors (Lipinski definition) is 2. The summed E-state index contributed by atoms with van der Waals surface area (Å²) in [5.41, 5.74) is 1.41. The van der Waals surface area contributed by atoms with Gasteiger partial charge in [0.2, 0.25) is 0 Å². The maximum atomic E-state index is 9.85. The molecule has 0 aromatic heterocycles. The lowest BCUT2D eigenvalue weighted by atomic mass is 9.92. The van der Waals surface area contributed by atoms with Gasteiger partial charge in [0.15, 0.2) is 0 Å². The second kappa shape index (κ2) is 6.18. The maximum absolute atomic E-state index is 9.85. The molecular weight excluding hydrogens is 210 g/mol. The van der Waals surface area contributed by atoms with Gasteiger partial charge in [-0.2, -0.15) is 0 Å². The van der Waals surface area contributed by atoms with E-state index in [-0.39, 0.29) is 6.10 Å². The first-order chi connectivity index (χ1) is 8.29. The topological polar surface area (TPSA) is 23.5 Å². The van der Waals surface area contributed by atoms with Gasteiger partial charge in [-0.05, 0) is 30.7 Å². The Morgan fingerprint density at radius 1 is 1.29 bits per heavy atom. The van der Waals surface area contributed by atoms with E-state index in [2.05, 4.69) is 42.2 Å². The molecule has 94 valence electrons. The number of nitrogens with zero attached hydrogens (tertiary/aromatic N) is 1. The zero-order valence-corrected chi connectivity index (χ0v) is 10.7. The van der Waals surface area contributed by atoms with Crippen molar-refractivity contribution in [1.82, 2.24) is 4.90 Å². The lowest BCUT2D eigenvalue weighted by molar-refractivity contribution is 0.0256. The Labute approximate surface area is 104 Å². The molecule has 2 rings (SSSR count). The Kier molecular flexibility index (Phi) is 4.57. The molecule has 2 nitrogen and oxygen atoms in total. The molecule has 0 saturated carbocycles. The van der Waals surface area contributed by atoms with Crippen LogP contribution in [-0.2, 0) is 6.42 Å². The predicted octanol–water partition coefficient (Wildman–Crippen LogP) is 2.32. The Morgan fingerprint density at radius 2 is 2.06 bits per heavy atom. The molecule has 2 atom stereocenters. The minimum atomic E-state index is -0.0759. The Bertz CT molecular complexity index is 325. The third kappa shape index (κ3) is 3.55. The molecule has 1 fully saturated rings. The van der Waals surface area contributed by atoms with E-state index in [0.717, 1.165) is 38.9 Å². The van der Waals surface area contributed by atoms with E-state index in [0.29, 0.717) is 5.92 Å². The lowest BCUT2D eigenvalue weighted by Gasteiger charge is -2.35. The van der Waals surface area contributed by atoms with Crippen molar-refractivity contribution in [2.75, 3.05) is 19.6 Å². The van der Waals surface area contributed by atoms with Crippen molar-refractivity contribution in [3.05, 3.63) is 35.9 Å². The summed E-state index contributed by atoms with van der Waals surface area (Å²) in [4.78, 5) is 2.49. The average molecular weight is 233 g/mol. The highest BCUT2D eigenvalue weighted by molar-refractivity contribution is 5.14. The van der Waals surface area contributed by atoms with Gasteiger partial charge in [-0.25, -0.2) is 0 Å². The first-order valence-electron chi connectivity index (χ1n) is 6.74. The van der Waals surface area contributed by atoms with E-state index in [1.54, 1.807) is 0 Å². The number of likely N-dealkylation sites (tertiary alicyclic amines) is 1. The maximum Gasteiger partial charge on any atom is 0.0592 e. The van der Waals surface area contributed by atoms with Crippen LogP contribution in [0.4, 0.5) is 0 Å². The fourth-order valence-corrected chi connectivity index (χ4v) is 2.63. The van der Waals surface area contributed by atoms with Crippen molar-refractivity contribution in [3.63, 3.8) is 0 Å². The Morgan fingerprint density at radius 3 is 2.76 bits per heavy atom. The molecule has 2 heteroatoms. The van der Waals surface area contributed by atoms with Crippen molar-refractivity contribution in [1.29, 1.82) is 0 Å². The molecule has 0 amide bonds. The minimum absolute atomic E-state index is 0.0759. The van der Waals surface area contributed by atoms with Gasteiger partial charge in [0.05, 0.1) is 6.10 Å². The van der Waals surface area contributed by atoms with Gasteiger partial charge in [-0.1, -0.05) is 37.3 Å². The monoisotopic (exact) mass is 233 g/mol. The Hall–Kier alpha value is -0.860. The summed E-state index contributed by atoms with van der Waals surface area (Å²) in [6.07, 6.45) is 3.07. The van der Waals surface area contributed by atoms with Gasteiger partial charge in [-0.3, -0.25) is 0 Å². The van der Waals surface area contributed by atoms with Gasteiger partial charge >= 0.3 is 0 Å². The van der Waals surface area contributed by atoms with E-state index < -0.39 is 0 Å². The molecule has 1 aliphatic heterocycles. The molecule has 1 aromatic rings. The highest BCUT2D eigenvalue weighted by Crippen LogP contribution is 2.20. The van der Waals surface area contributed by atoms with Crippen molar-refractivity contribution in [2.45, 2.75) is 32.3 Å². The molecule has 2 unspecified atom stereocenters. The van der Waals surface area contributed by atoms with Crippen LogP contribution in [-0.4, -0.2) is 35.7 Å². The summed E-state index contributed by atoms with van der Waals surface area (Å²) in [6, 6.07) is 10.6. The van der Waals surface area contributed by atoms with Crippen LogP contribution < -0.4 is 0 Å². The van der Waals surface area contributed by atoms with Gasteiger partial charge < -0.3 is 10.0 Å². The highest BCUT2D eigenvalue weighted by Gasteiger charge is 2.25. The molecule has 0 spiro atoms. The third-order valence-electron chi connectivity index (χ3n) is 3.86. The quantitative estimate of drug-likeness (QED) is 0.862. The summed E-state index contributed by atoms with van der Waals surface area (Å²) in [5.74, 6) is 0.472. The van der Waals surface area contributed by atoms with Crippen LogP contribution in [0.15, 0.2) is 30.3 Å². The molecule has 1 heterocycles. The largest absolute Gasteiger partial charge is 0.393 e. The fourth-order valence-electron chi connectivity index (χ4n) is 2.63. The highest BCUT2D eigenvalue weighted by atomic mass is 16.3. The smallest absolute Gasteiger partial charge is 0.0592 e. The third-order valence-corrected chi connectivity index (χ3v) is 3.86. The van der Waals surface area contributed by atoms with Crippen molar-refractivity contribution in [3.8, 4) is 0 Å². The van der Waals surface area contributed by atoms with Crippen molar-refractivity contribution in [2.24, 2.45) is 5.92 Å². The zero-order chi connectivity index (χ0) is 12.1. The summed E-state index contributed by atoms with van der Waals surface area (Å²) in [6.45, 7) is 5.40. The molecule has 1 N–H and O–H groups in total. The van der Waals surface area contributed by atoms with Crippen LogP contribution in [0.25, 0.3) is 0 Å². The second-order valence-corrected chi connectivity index (χ2v) is 5.06. The van der Waals surface area contributed by atoms with Crippen LogP contribution in [0.3, 0.4) is 0 Å². The number of aliphatic hydroxyl groups excluding tert-OH is 1. The normalized spacial score (nSPS) is 26.0. The summed E-state index contributed by atoms with van der Waals surface area (Å²) in [5, 5.41) is 9.85. The standard InChI is InChI=1S/C15H23NO/c1-2-14-12-16(11-9-15(14)17)10-8-13-6-4-3-5-7-13/h3-7,14-15,17H,2,8-12H2,1H3. The molecule has 1 aromatic carbocycles. The minimum Gasteiger partial charge on any atom is -0.393 e. The predicted molar refractivity (Wildman–Crippen MR) is 71.0 cm³/mol. The molecule has 0 bridgehead atoms. The molecule has 1 aliphatic rings. The number of benzene rings is 1. The van der Waals surface area contributed by atoms with Gasteiger partial charge in [0, 0.05) is 19.6 Å². The molecule has 0 radical (unpaired) electrons. The molecule has 17 heavy (non-hydrogen) atoms. The Balaban J connectivity index is 1.80. The summed E-state index contributed by atoms with van der Waals surface area (Å²) >= 11 is 0. The van der Waals surface area contributed by atoms with Gasteiger partial charge in [0.25, 0.3) is 0 Å². The second-order valence-electron chi connectivity index (χ2n) is 5.06. The molecular formula is C15H23NO. The first-order valence-corrected chi connectivity index (χ1v) is 6.74. The number of piperidine rings is 1. The van der Waals surface area contributed by atoms with Crippen LogP contribution in [0, 0.1) is 5.92 Å². The fraction of sp³-hybridized carbons (Fsp3) is 0.600. The SMILES string of the molecule is CCC1CN(CCc2ccccc2)CCC1O. The van der Waals surface area contributed by atoms with Crippen LogP contribution in [0.2, 0.25) is 0 Å². The van der Waals surface area contributed by atoms with E-state index in [1.165, 1.54) is 5.56 Å². The van der Waals surface area contributed by atoms with E-state index >= 15 is 0 Å². The van der Waals surface area contributed by atoms with Crippen molar-refractivity contribution < 1.29 is 5.11 Å². The summed E-state index contributed by atoms with van der Waals surface area (Å²) in [7, 11) is 0. The van der Waals surface area contributed by atoms with Gasteiger partial charge in [0.1, 0.15) is 0 Å². The van der Waals surface area contributed by atoms with E-state index in [1.807, 2.05) is 0 Å². The van der Waals surface area contributed by atoms with E-state index in [9.17, 15) is 5.11 Å². The lowest BCUT2D eigenvalue weighted by Crippen LogP contribution is -2.43. The van der Waals surface area contributed by atoms with E-state index in [4.69, 9.17) is 0 Å². The molecule has 0 aliphatic carbocycles. The number of rotatable bonds is 4. The number of aliphatic hydroxyl groups is 1. The first kappa shape index (κ1) is 12.6.